The lowest BCUT2D eigenvalue weighted by Crippen LogP contribution is -2.50. The Morgan fingerprint density at radius 3 is 2.74 bits per heavy atom. The third kappa shape index (κ3) is 4.98. The molecule has 6 heteroatoms. The summed E-state index contributed by atoms with van der Waals surface area (Å²) in [6.45, 7) is 2.99. The number of methoxy groups -OCH3 is 1. The summed E-state index contributed by atoms with van der Waals surface area (Å²) in [7, 11) is 1.69. The number of amides is 1. The lowest BCUT2D eigenvalue weighted by Gasteiger charge is -2.35. The third-order valence-electron chi connectivity index (χ3n) is 7.57. The molecule has 2 aliphatic rings. The van der Waals surface area contributed by atoms with E-state index in [2.05, 4.69) is 45.6 Å². The minimum absolute atomic E-state index is 0.125. The van der Waals surface area contributed by atoms with Gasteiger partial charge in [0.15, 0.2) is 0 Å². The quantitative estimate of drug-likeness (QED) is 0.452. The van der Waals surface area contributed by atoms with Crippen molar-refractivity contribution in [3.8, 4) is 5.75 Å². The zero-order valence-corrected chi connectivity index (χ0v) is 20.8. The first-order valence-electron chi connectivity index (χ1n) is 12.9. The second kappa shape index (κ2) is 10.2. The number of pyridine rings is 1. The predicted molar refractivity (Wildman–Crippen MR) is 141 cm³/mol. The van der Waals surface area contributed by atoms with Crippen molar-refractivity contribution in [3.63, 3.8) is 0 Å². The van der Waals surface area contributed by atoms with E-state index in [9.17, 15) is 4.79 Å². The molecule has 184 valence electrons. The number of anilines is 1. The molecule has 2 N–H and O–H groups in total. The third-order valence-corrected chi connectivity index (χ3v) is 7.57. The normalized spacial score (nSPS) is 20.0. The fraction of sp³-hybridized carbons (Fsp3) is 0.448. The first-order chi connectivity index (χ1) is 17.1. The number of rotatable bonds is 9. The highest BCUT2D eigenvalue weighted by Crippen LogP contribution is 2.38. The van der Waals surface area contributed by atoms with Crippen LogP contribution < -0.4 is 15.4 Å². The molecule has 1 spiro atoms. The molecule has 2 aromatic carbocycles. The van der Waals surface area contributed by atoms with E-state index in [0.717, 1.165) is 61.0 Å². The second-order valence-corrected chi connectivity index (χ2v) is 10.1. The Morgan fingerprint density at radius 2 is 1.97 bits per heavy atom. The number of hydrogen-bond acceptors (Lipinski definition) is 5. The number of fused-ring (bicyclic) bond motifs is 1. The summed E-state index contributed by atoms with van der Waals surface area (Å²) in [6.07, 6.45) is 8.98. The van der Waals surface area contributed by atoms with Gasteiger partial charge in [-0.15, -0.1) is 0 Å². The molecule has 1 unspecified atom stereocenters. The lowest BCUT2D eigenvalue weighted by molar-refractivity contribution is -0.132. The van der Waals surface area contributed by atoms with Crippen LogP contribution in [0.2, 0.25) is 0 Å². The minimum Gasteiger partial charge on any atom is -0.497 e. The van der Waals surface area contributed by atoms with Gasteiger partial charge < -0.3 is 15.0 Å². The van der Waals surface area contributed by atoms with E-state index in [4.69, 9.17) is 4.74 Å². The molecule has 6 nitrogen and oxygen atoms in total. The molecule has 3 aromatic rings. The zero-order chi connectivity index (χ0) is 24.3. The first-order valence-corrected chi connectivity index (χ1v) is 12.9. The molecule has 1 aliphatic carbocycles. The molecular weight excluding hydrogens is 436 g/mol. The van der Waals surface area contributed by atoms with Crippen LogP contribution in [-0.4, -0.2) is 47.2 Å². The Bertz CT molecular complexity index is 1160. The fourth-order valence-electron chi connectivity index (χ4n) is 5.84. The van der Waals surface area contributed by atoms with Gasteiger partial charge in [0.2, 0.25) is 5.91 Å². The molecule has 0 radical (unpaired) electrons. The number of aromatic nitrogens is 1. The SMILES string of the molecule is COc1cc(NC(C)CCCN2C(=O)[C@@H](Cc3ccccc3)NC23CCCC3)c2ncccc2c1. The van der Waals surface area contributed by atoms with Crippen LogP contribution in [0.25, 0.3) is 10.9 Å². The maximum absolute atomic E-state index is 13.5. The Labute approximate surface area is 208 Å². The van der Waals surface area contributed by atoms with Gasteiger partial charge in [-0.3, -0.25) is 15.1 Å². The van der Waals surface area contributed by atoms with Crippen LogP contribution in [0.3, 0.4) is 0 Å². The van der Waals surface area contributed by atoms with Gasteiger partial charge in [-0.25, -0.2) is 0 Å². The lowest BCUT2D eigenvalue weighted by atomic mass is 10.1. The summed E-state index contributed by atoms with van der Waals surface area (Å²) in [5.41, 5.74) is 3.00. The Kier molecular flexibility index (Phi) is 6.91. The van der Waals surface area contributed by atoms with E-state index in [-0.39, 0.29) is 23.7 Å². The van der Waals surface area contributed by atoms with E-state index < -0.39 is 0 Å². The average molecular weight is 473 g/mol. The van der Waals surface area contributed by atoms with Gasteiger partial charge in [0.05, 0.1) is 30.0 Å². The number of carbonyl (C=O) groups excluding carboxylic acids is 1. The van der Waals surface area contributed by atoms with Crippen LogP contribution in [0, 0.1) is 0 Å². The van der Waals surface area contributed by atoms with Crippen molar-refractivity contribution in [1.82, 2.24) is 15.2 Å². The molecule has 35 heavy (non-hydrogen) atoms. The van der Waals surface area contributed by atoms with E-state index in [1.165, 1.54) is 18.4 Å². The summed E-state index contributed by atoms with van der Waals surface area (Å²) in [4.78, 5) is 20.2. The monoisotopic (exact) mass is 472 g/mol. The molecule has 0 bridgehead atoms. The number of hydrogen-bond donors (Lipinski definition) is 2. The molecule has 1 saturated carbocycles. The van der Waals surface area contributed by atoms with Crippen LogP contribution >= 0.6 is 0 Å². The average Bonchev–Trinajstić information content (AvgIpc) is 3.44. The van der Waals surface area contributed by atoms with Gasteiger partial charge in [-0.05, 0) is 69.6 Å². The molecule has 1 aromatic heterocycles. The van der Waals surface area contributed by atoms with Crippen molar-refractivity contribution in [3.05, 3.63) is 66.4 Å². The number of nitrogens with one attached hydrogen (secondary N) is 2. The highest BCUT2D eigenvalue weighted by atomic mass is 16.5. The van der Waals surface area contributed by atoms with Crippen LogP contribution in [-0.2, 0) is 11.2 Å². The molecule has 1 amide bonds. The Balaban J connectivity index is 1.22. The predicted octanol–water partition coefficient (Wildman–Crippen LogP) is 5.14. The minimum atomic E-state index is -0.153. The summed E-state index contributed by atoms with van der Waals surface area (Å²) in [6, 6.07) is 18.5. The van der Waals surface area contributed by atoms with Crippen molar-refractivity contribution in [2.75, 3.05) is 19.0 Å². The maximum atomic E-state index is 13.5. The number of carbonyl (C=O) groups is 1. The van der Waals surface area contributed by atoms with Crippen LogP contribution in [0.15, 0.2) is 60.8 Å². The number of benzene rings is 2. The molecule has 1 saturated heterocycles. The van der Waals surface area contributed by atoms with Crippen LogP contribution in [0.5, 0.6) is 5.75 Å². The molecule has 2 fully saturated rings. The Hall–Kier alpha value is -3.12. The first kappa shape index (κ1) is 23.6. The fourth-order valence-corrected chi connectivity index (χ4v) is 5.84. The van der Waals surface area contributed by atoms with Crippen molar-refractivity contribution in [1.29, 1.82) is 0 Å². The second-order valence-electron chi connectivity index (χ2n) is 10.1. The molecular formula is C29H36N4O2. The molecule has 1 aliphatic heterocycles. The largest absolute Gasteiger partial charge is 0.497 e. The topological polar surface area (TPSA) is 66.5 Å². The van der Waals surface area contributed by atoms with Crippen molar-refractivity contribution < 1.29 is 9.53 Å². The van der Waals surface area contributed by atoms with Crippen LogP contribution in [0.1, 0.15) is 51.0 Å². The summed E-state index contributed by atoms with van der Waals surface area (Å²) in [5.74, 6) is 1.08. The standard InChI is InChI=1S/C29H36N4O2/c1-21(31-25-20-24(35-2)19-23-13-8-16-30-27(23)25)10-9-17-33-28(34)26(18-22-11-4-3-5-12-22)32-29(33)14-6-7-15-29/h3-5,8,11-13,16,19-21,26,31-32H,6-7,9-10,14-15,17-18H2,1-2H3/t21?,26-/m1/s1. The molecule has 5 rings (SSSR count). The van der Waals surface area contributed by atoms with Crippen LogP contribution in [0.4, 0.5) is 5.69 Å². The Morgan fingerprint density at radius 1 is 1.17 bits per heavy atom. The van der Waals surface area contributed by atoms with Crippen molar-refractivity contribution >= 4 is 22.5 Å². The number of nitrogens with zero attached hydrogens (tertiary/aromatic N) is 2. The van der Waals surface area contributed by atoms with Gasteiger partial charge in [0.25, 0.3) is 0 Å². The smallest absolute Gasteiger partial charge is 0.241 e. The highest BCUT2D eigenvalue weighted by Gasteiger charge is 2.50. The zero-order valence-electron chi connectivity index (χ0n) is 20.8. The molecule has 2 heterocycles. The summed E-state index contributed by atoms with van der Waals surface area (Å²) < 4.78 is 5.49. The van der Waals surface area contributed by atoms with E-state index >= 15 is 0 Å². The van der Waals surface area contributed by atoms with E-state index in [1.807, 2.05) is 42.6 Å². The van der Waals surface area contributed by atoms with E-state index in [0.29, 0.717) is 0 Å². The van der Waals surface area contributed by atoms with Gasteiger partial charge in [-0.2, -0.15) is 0 Å². The van der Waals surface area contributed by atoms with Gasteiger partial charge in [0.1, 0.15) is 5.75 Å². The van der Waals surface area contributed by atoms with E-state index in [1.54, 1.807) is 7.11 Å². The van der Waals surface area contributed by atoms with Crippen molar-refractivity contribution in [2.24, 2.45) is 0 Å². The molecule has 2 atom stereocenters. The summed E-state index contributed by atoms with van der Waals surface area (Å²) in [5, 5.41) is 8.46. The summed E-state index contributed by atoms with van der Waals surface area (Å²) >= 11 is 0. The highest BCUT2D eigenvalue weighted by molar-refractivity contribution is 5.92. The van der Waals surface area contributed by atoms with Gasteiger partial charge in [-0.1, -0.05) is 36.4 Å². The number of ether oxygens (including phenoxy) is 1. The maximum Gasteiger partial charge on any atom is 0.241 e. The van der Waals surface area contributed by atoms with Gasteiger partial charge in [0, 0.05) is 30.2 Å². The van der Waals surface area contributed by atoms with Gasteiger partial charge >= 0.3 is 0 Å². The van der Waals surface area contributed by atoms with Crippen molar-refractivity contribution in [2.45, 2.75) is 69.6 Å².